The molecule has 96 valence electrons. The normalized spacial score (nSPS) is 11.1. The zero-order chi connectivity index (χ0) is 13.4. The fourth-order valence-corrected chi connectivity index (χ4v) is 2.33. The van der Waals surface area contributed by atoms with Crippen LogP contribution in [0.25, 0.3) is 11.0 Å². The van der Waals surface area contributed by atoms with Gasteiger partial charge in [0.25, 0.3) is 0 Å². The summed E-state index contributed by atoms with van der Waals surface area (Å²) in [5.74, 6) is -0.476. The number of nitrogens with one attached hydrogen (secondary N) is 1. The van der Waals surface area contributed by atoms with Crippen molar-refractivity contribution in [1.82, 2.24) is 19.7 Å². The first-order valence-electron chi connectivity index (χ1n) is 5.49. The van der Waals surface area contributed by atoms with Crippen LogP contribution >= 0.6 is 23.8 Å². The van der Waals surface area contributed by atoms with Gasteiger partial charge in [-0.3, -0.25) is 0 Å². The number of hydrogen-bond donors (Lipinski definition) is 1. The van der Waals surface area contributed by atoms with E-state index in [0.717, 1.165) is 5.69 Å². The van der Waals surface area contributed by atoms with E-state index in [9.17, 15) is 4.39 Å². The lowest BCUT2D eigenvalue weighted by Crippen LogP contribution is -2.02. The van der Waals surface area contributed by atoms with Crippen LogP contribution in [0.4, 0.5) is 4.39 Å². The van der Waals surface area contributed by atoms with Gasteiger partial charge in [-0.25, -0.2) is 4.39 Å². The molecule has 19 heavy (non-hydrogen) atoms. The van der Waals surface area contributed by atoms with Crippen molar-refractivity contribution in [3.05, 3.63) is 51.8 Å². The third kappa shape index (κ3) is 2.24. The van der Waals surface area contributed by atoms with Gasteiger partial charge in [0.15, 0.2) is 4.77 Å². The maximum atomic E-state index is 13.6. The van der Waals surface area contributed by atoms with Gasteiger partial charge in [-0.15, -0.1) is 0 Å². The summed E-state index contributed by atoms with van der Waals surface area (Å²) >= 11 is 11.0. The third-order valence-electron chi connectivity index (χ3n) is 2.76. The number of benzene rings is 1. The molecule has 0 fully saturated rings. The lowest BCUT2D eigenvalue weighted by Gasteiger charge is -2.03. The summed E-state index contributed by atoms with van der Waals surface area (Å²) < 4.78 is 15.8. The van der Waals surface area contributed by atoms with E-state index in [4.69, 9.17) is 23.8 Å². The number of aromatic amines is 1. The average molecular weight is 295 g/mol. The van der Waals surface area contributed by atoms with Crippen molar-refractivity contribution >= 4 is 34.9 Å². The lowest BCUT2D eigenvalue weighted by atomic mass is 10.3. The van der Waals surface area contributed by atoms with Gasteiger partial charge in [-0.05, 0) is 30.4 Å². The Labute approximate surface area is 117 Å². The van der Waals surface area contributed by atoms with Crippen LogP contribution < -0.4 is 0 Å². The van der Waals surface area contributed by atoms with E-state index in [1.165, 1.54) is 12.1 Å². The van der Waals surface area contributed by atoms with Gasteiger partial charge >= 0.3 is 0 Å². The maximum Gasteiger partial charge on any atom is 0.178 e. The van der Waals surface area contributed by atoms with Crippen LogP contribution in [0.3, 0.4) is 0 Å². The maximum absolute atomic E-state index is 13.6. The minimum absolute atomic E-state index is 0.0652. The van der Waals surface area contributed by atoms with E-state index in [1.54, 1.807) is 16.8 Å². The first kappa shape index (κ1) is 12.3. The quantitative estimate of drug-likeness (QED) is 0.738. The predicted octanol–water partition coefficient (Wildman–Crippen LogP) is 3.33. The Kier molecular flexibility index (Phi) is 3.04. The molecule has 2 heterocycles. The second kappa shape index (κ2) is 4.71. The summed E-state index contributed by atoms with van der Waals surface area (Å²) in [4.78, 5) is 2.99. The molecule has 1 aromatic carbocycles. The fraction of sp³-hybridized carbons (Fsp3) is 0.0833. The highest BCUT2D eigenvalue weighted by molar-refractivity contribution is 7.71. The Morgan fingerprint density at radius 2 is 2.26 bits per heavy atom. The average Bonchev–Trinajstić information content (AvgIpc) is 2.68. The van der Waals surface area contributed by atoms with E-state index < -0.39 is 5.82 Å². The molecule has 0 aliphatic heterocycles. The summed E-state index contributed by atoms with van der Waals surface area (Å²) in [6, 6.07) is 6.51. The van der Waals surface area contributed by atoms with Crippen LogP contribution in [-0.4, -0.2) is 19.7 Å². The second-order valence-electron chi connectivity index (χ2n) is 4.01. The largest absolute Gasteiger partial charge is 0.331 e. The van der Waals surface area contributed by atoms with Gasteiger partial charge < -0.3 is 9.55 Å². The molecule has 0 saturated carbocycles. The van der Waals surface area contributed by atoms with Crippen molar-refractivity contribution < 1.29 is 4.39 Å². The van der Waals surface area contributed by atoms with Crippen molar-refractivity contribution in [3.63, 3.8) is 0 Å². The van der Waals surface area contributed by atoms with Crippen LogP contribution in [0.5, 0.6) is 0 Å². The number of H-pyrrole nitrogens is 1. The highest BCUT2D eigenvalue weighted by atomic mass is 35.5. The number of hydrogen-bond acceptors (Lipinski definition) is 3. The Bertz CT molecular complexity index is 797. The minimum Gasteiger partial charge on any atom is -0.331 e. The molecule has 0 atom stereocenters. The fourth-order valence-electron chi connectivity index (χ4n) is 1.89. The molecule has 0 saturated heterocycles. The molecule has 1 N–H and O–H groups in total. The number of aromatic nitrogens is 4. The number of nitrogens with zero attached hydrogens (tertiary/aromatic N) is 3. The van der Waals surface area contributed by atoms with Crippen molar-refractivity contribution in [1.29, 1.82) is 0 Å². The first-order chi connectivity index (χ1) is 9.15. The smallest absolute Gasteiger partial charge is 0.178 e. The molecule has 0 spiro atoms. The molecule has 0 aliphatic carbocycles. The number of fused-ring (bicyclic) bond motifs is 1. The lowest BCUT2D eigenvalue weighted by molar-refractivity contribution is 0.628. The molecular weight excluding hydrogens is 287 g/mol. The molecule has 2 aromatic heterocycles. The topological polar surface area (TPSA) is 46.5 Å². The van der Waals surface area contributed by atoms with Gasteiger partial charge in [-0.2, -0.15) is 10.2 Å². The summed E-state index contributed by atoms with van der Waals surface area (Å²) in [7, 11) is 0. The van der Waals surface area contributed by atoms with E-state index in [1.807, 2.05) is 6.07 Å². The molecule has 0 radical (unpaired) electrons. The molecule has 0 amide bonds. The summed E-state index contributed by atoms with van der Waals surface area (Å²) in [5, 5.41) is 7.86. The van der Waals surface area contributed by atoms with Gasteiger partial charge in [0.05, 0.1) is 28.3 Å². The van der Waals surface area contributed by atoms with Crippen molar-refractivity contribution in [2.45, 2.75) is 6.54 Å². The summed E-state index contributed by atoms with van der Waals surface area (Å²) in [6.45, 7) is 0.424. The number of halogens is 2. The SMILES string of the molecule is Fc1cc2c(cc1Cl)[nH]c(=S)n2Cc1cccnn1. The Hall–Kier alpha value is -1.79. The van der Waals surface area contributed by atoms with Crippen LogP contribution in [0.15, 0.2) is 30.5 Å². The number of imidazole rings is 1. The Morgan fingerprint density at radius 3 is 3.00 bits per heavy atom. The number of rotatable bonds is 2. The van der Waals surface area contributed by atoms with E-state index >= 15 is 0 Å². The Morgan fingerprint density at radius 1 is 1.42 bits per heavy atom. The summed E-state index contributed by atoms with van der Waals surface area (Å²) in [5.41, 5.74) is 2.09. The minimum atomic E-state index is -0.476. The van der Waals surface area contributed by atoms with Crippen LogP contribution in [-0.2, 0) is 6.54 Å². The first-order valence-corrected chi connectivity index (χ1v) is 6.28. The van der Waals surface area contributed by atoms with E-state index in [2.05, 4.69) is 15.2 Å². The van der Waals surface area contributed by atoms with Gasteiger partial charge in [-0.1, -0.05) is 11.6 Å². The molecule has 4 nitrogen and oxygen atoms in total. The third-order valence-corrected chi connectivity index (χ3v) is 3.38. The van der Waals surface area contributed by atoms with Gasteiger partial charge in [0, 0.05) is 12.3 Å². The van der Waals surface area contributed by atoms with E-state index in [0.29, 0.717) is 22.3 Å². The highest BCUT2D eigenvalue weighted by Gasteiger charge is 2.09. The summed E-state index contributed by atoms with van der Waals surface area (Å²) in [6.07, 6.45) is 1.59. The second-order valence-corrected chi connectivity index (χ2v) is 4.81. The molecule has 3 aromatic rings. The molecule has 0 bridgehead atoms. The monoisotopic (exact) mass is 294 g/mol. The molecule has 0 aliphatic rings. The molecule has 7 heteroatoms. The van der Waals surface area contributed by atoms with Crippen LogP contribution in [0.2, 0.25) is 5.02 Å². The van der Waals surface area contributed by atoms with Gasteiger partial charge in [0.2, 0.25) is 0 Å². The highest BCUT2D eigenvalue weighted by Crippen LogP contribution is 2.23. The van der Waals surface area contributed by atoms with Crippen LogP contribution in [0.1, 0.15) is 5.69 Å². The van der Waals surface area contributed by atoms with Crippen molar-refractivity contribution in [3.8, 4) is 0 Å². The zero-order valence-electron chi connectivity index (χ0n) is 9.60. The standard InChI is InChI=1S/C12H8ClFN4S/c13-8-4-10-11(5-9(8)14)18(12(19)16-10)6-7-2-1-3-15-17-7/h1-5H,6H2,(H,16,19). The molecular formula is C12H8ClFN4S. The molecule has 0 unspecified atom stereocenters. The van der Waals surface area contributed by atoms with E-state index in [-0.39, 0.29) is 5.02 Å². The Balaban J connectivity index is 2.16. The van der Waals surface area contributed by atoms with Crippen molar-refractivity contribution in [2.24, 2.45) is 0 Å². The zero-order valence-corrected chi connectivity index (χ0v) is 11.2. The van der Waals surface area contributed by atoms with Crippen molar-refractivity contribution in [2.75, 3.05) is 0 Å². The van der Waals surface area contributed by atoms with Crippen LogP contribution in [0, 0.1) is 10.6 Å². The predicted molar refractivity (Wildman–Crippen MR) is 73.2 cm³/mol. The van der Waals surface area contributed by atoms with Gasteiger partial charge in [0.1, 0.15) is 5.82 Å². The molecule has 3 rings (SSSR count).